The lowest BCUT2D eigenvalue weighted by Gasteiger charge is -2.64. The number of allylic oxidation sites excluding steroid dienone is 6. The first-order chi connectivity index (χ1) is 24.8. The summed E-state index contributed by atoms with van der Waals surface area (Å²) < 4.78 is 0. The second-order valence-corrected chi connectivity index (χ2v) is 21.0. The number of fused-ring (bicyclic) bond motifs is 14. The number of nitrogens with one attached hydrogen (secondary N) is 2. The Morgan fingerprint density at radius 1 is 1.02 bits per heavy atom. The molecular formula is C48H66N2O2. The molecule has 1 aromatic rings. The monoisotopic (exact) mass is 703 g/mol. The Hall–Kier alpha value is -1.98. The van der Waals surface area contributed by atoms with Crippen molar-refractivity contribution in [1.29, 1.82) is 0 Å². The van der Waals surface area contributed by atoms with E-state index < -0.39 is 0 Å². The van der Waals surface area contributed by atoms with Crippen LogP contribution >= 0.6 is 0 Å². The molecule has 1 aromatic carbocycles. The maximum Gasteiger partial charge on any atom is 0.0696 e. The Morgan fingerprint density at radius 3 is 2.62 bits per heavy atom. The predicted octanol–water partition coefficient (Wildman–Crippen LogP) is 8.50. The van der Waals surface area contributed by atoms with Gasteiger partial charge in [-0.25, -0.2) is 0 Å². The van der Waals surface area contributed by atoms with Crippen LogP contribution in [0.3, 0.4) is 0 Å². The van der Waals surface area contributed by atoms with Gasteiger partial charge in [0, 0.05) is 29.6 Å². The van der Waals surface area contributed by atoms with E-state index in [1.54, 1.807) is 27.8 Å². The minimum absolute atomic E-state index is 0.0695. The summed E-state index contributed by atoms with van der Waals surface area (Å²) in [5.41, 5.74) is 10.1. The molecule has 6 fully saturated rings. The third-order valence-corrected chi connectivity index (χ3v) is 18.2. The second-order valence-electron chi connectivity index (χ2n) is 21.0. The van der Waals surface area contributed by atoms with E-state index in [2.05, 4.69) is 87.4 Å². The molecule has 1 heterocycles. The quantitative estimate of drug-likeness (QED) is 0.238. The fourth-order valence-corrected chi connectivity index (χ4v) is 16.2. The molecule has 4 heteroatoms. The van der Waals surface area contributed by atoms with Crippen molar-refractivity contribution < 1.29 is 10.2 Å². The van der Waals surface area contributed by atoms with E-state index in [1.165, 1.54) is 63.4 Å². The maximum atomic E-state index is 11.5. The van der Waals surface area contributed by atoms with E-state index in [9.17, 15) is 10.2 Å². The minimum Gasteiger partial charge on any atom is -0.392 e. The van der Waals surface area contributed by atoms with Gasteiger partial charge in [-0.15, -0.1) is 0 Å². The Balaban J connectivity index is 1.06. The van der Waals surface area contributed by atoms with Crippen molar-refractivity contribution >= 4 is 0 Å². The average molecular weight is 703 g/mol. The maximum absolute atomic E-state index is 11.5. The van der Waals surface area contributed by atoms with Crippen LogP contribution in [0.4, 0.5) is 0 Å². The van der Waals surface area contributed by atoms with Gasteiger partial charge in [-0.05, 0) is 174 Å². The number of hydrogen-bond donors (Lipinski definition) is 4. The van der Waals surface area contributed by atoms with Crippen LogP contribution in [-0.2, 0) is 12.8 Å². The number of aliphatic hydroxyl groups excluding tert-OH is 2. The van der Waals surface area contributed by atoms with Crippen LogP contribution in [0.25, 0.3) is 0 Å². The number of rotatable bonds is 4. The van der Waals surface area contributed by atoms with E-state index >= 15 is 0 Å². The molecule has 0 aromatic heterocycles. The fraction of sp³-hybridized carbons (Fsp3) is 0.708. The van der Waals surface area contributed by atoms with Gasteiger partial charge in [0.05, 0.1) is 12.2 Å². The number of piperidine rings is 1. The fourth-order valence-electron chi connectivity index (χ4n) is 16.2. The van der Waals surface area contributed by atoms with E-state index in [1.807, 2.05) is 6.92 Å². The van der Waals surface area contributed by atoms with Crippen LogP contribution in [0.1, 0.15) is 110 Å². The topological polar surface area (TPSA) is 64.5 Å². The zero-order valence-electron chi connectivity index (χ0n) is 32.8. The number of aliphatic hydroxyl groups is 2. The molecule has 1 saturated heterocycles. The Labute approximate surface area is 314 Å². The van der Waals surface area contributed by atoms with Crippen molar-refractivity contribution in [3.63, 3.8) is 0 Å². The summed E-state index contributed by atoms with van der Waals surface area (Å²) in [6, 6.07) is 10.4. The van der Waals surface area contributed by atoms with Crippen molar-refractivity contribution in [2.24, 2.45) is 63.6 Å². The van der Waals surface area contributed by atoms with E-state index in [0.29, 0.717) is 48.1 Å². The van der Waals surface area contributed by atoms with Gasteiger partial charge < -0.3 is 20.8 Å². The van der Waals surface area contributed by atoms with Crippen LogP contribution in [-0.4, -0.2) is 46.6 Å². The number of hydrogen-bond acceptors (Lipinski definition) is 4. The van der Waals surface area contributed by atoms with E-state index in [-0.39, 0.29) is 40.0 Å². The zero-order chi connectivity index (χ0) is 35.9. The first kappa shape index (κ1) is 34.5. The largest absolute Gasteiger partial charge is 0.392 e. The normalized spacial score (nSPS) is 50.2. The van der Waals surface area contributed by atoms with Crippen LogP contribution in [0.15, 0.2) is 71.4 Å². The summed E-state index contributed by atoms with van der Waals surface area (Å²) in [6.07, 6.45) is 21.8. The highest BCUT2D eigenvalue weighted by atomic mass is 16.3. The molecule has 0 radical (unpaired) electrons. The van der Waals surface area contributed by atoms with E-state index in [4.69, 9.17) is 0 Å². The Bertz CT molecular complexity index is 1760. The number of benzene rings is 1. The summed E-state index contributed by atoms with van der Waals surface area (Å²) >= 11 is 0. The van der Waals surface area contributed by atoms with Gasteiger partial charge in [-0.2, -0.15) is 0 Å². The molecule has 0 amide bonds. The second kappa shape index (κ2) is 11.8. The van der Waals surface area contributed by atoms with Gasteiger partial charge in [0.2, 0.25) is 0 Å². The molecule has 4 N–H and O–H groups in total. The van der Waals surface area contributed by atoms with Crippen LogP contribution < -0.4 is 10.6 Å². The van der Waals surface area contributed by atoms with Gasteiger partial charge >= 0.3 is 0 Å². The summed E-state index contributed by atoms with van der Waals surface area (Å²) in [5, 5.41) is 29.7. The van der Waals surface area contributed by atoms with Gasteiger partial charge in [-0.3, -0.25) is 0 Å². The molecule has 10 rings (SSSR count). The Morgan fingerprint density at radius 2 is 1.83 bits per heavy atom. The molecule has 9 bridgehead atoms. The van der Waals surface area contributed by atoms with Crippen LogP contribution in [0.5, 0.6) is 0 Å². The van der Waals surface area contributed by atoms with Gasteiger partial charge in [-0.1, -0.05) is 78.3 Å². The van der Waals surface area contributed by atoms with Crippen molar-refractivity contribution in [1.82, 2.24) is 10.6 Å². The molecule has 1 aliphatic heterocycles. The van der Waals surface area contributed by atoms with Gasteiger partial charge in [0.1, 0.15) is 0 Å². The third kappa shape index (κ3) is 4.85. The zero-order valence-corrected chi connectivity index (χ0v) is 32.8. The smallest absolute Gasteiger partial charge is 0.0696 e. The molecule has 5 saturated carbocycles. The standard InChI is InChI=1S/C48H66N2O2/c1-27(2)47-11-10-37-16-32-14-30-8-7-9-31(13-30)15-34-20-41(36-12-28(3)40(24-47)45(5,23-36)48(37,22-32)26-47)50-46(6)39(34)18-35-17-33-19-42(49-25-29(4)51)43(52)21-38(33)44(35)46/h7-13,29,32-35,37-39,41-44,49-52H,1,14-26H2,2-6H3. The first-order valence-corrected chi connectivity index (χ1v) is 21.5. The third-order valence-electron chi connectivity index (χ3n) is 18.2. The molecule has 9 aliphatic rings. The molecule has 16 unspecified atom stereocenters. The lowest BCUT2D eigenvalue weighted by Crippen LogP contribution is -2.64. The van der Waals surface area contributed by atoms with Crippen molar-refractivity contribution in [2.45, 2.75) is 141 Å². The Kier molecular flexibility index (Phi) is 7.81. The van der Waals surface area contributed by atoms with Gasteiger partial charge in [0.25, 0.3) is 0 Å². The highest BCUT2D eigenvalue weighted by Crippen LogP contribution is 2.75. The lowest BCUT2D eigenvalue weighted by atomic mass is 9.40. The highest BCUT2D eigenvalue weighted by Gasteiger charge is 2.68. The summed E-state index contributed by atoms with van der Waals surface area (Å²) in [7, 11) is 0. The predicted molar refractivity (Wildman–Crippen MR) is 210 cm³/mol. The molecule has 8 aliphatic carbocycles. The summed E-state index contributed by atoms with van der Waals surface area (Å²) in [5.74, 6) is 5.29. The van der Waals surface area contributed by atoms with Crippen LogP contribution in [0.2, 0.25) is 0 Å². The lowest BCUT2D eigenvalue weighted by molar-refractivity contribution is -0.0299. The summed E-state index contributed by atoms with van der Waals surface area (Å²) in [6.45, 7) is 17.2. The summed E-state index contributed by atoms with van der Waals surface area (Å²) in [4.78, 5) is 0. The average Bonchev–Trinajstić information content (AvgIpc) is 3.72. The van der Waals surface area contributed by atoms with Gasteiger partial charge in [0.15, 0.2) is 0 Å². The van der Waals surface area contributed by atoms with E-state index in [0.717, 1.165) is 31.1 Å². The first-order valence-electron chi connectivity index (χ1n) is 21.5. The van der Waals surface area contributed by atoms with Crippen molar-refractivity contribution in [3.05, 3.63) is 82.5 Å². The SMILES string of the molecule is C=C(C)C12C=CC3CC4Cc5cccc(c5)CC5CC(NC6(C)C5CC5CC7CC(NCC(C)O)C(O)CC7C56)C5=CC(C)=C(C1)C(C)(C5)C3(C4)C2. The molecule has 16 atom stereocenters. The molecule has 280 valence electrons. The molecule has 4 nitrogen and oxygen atoms in total. The minimum atomic E-state index is -0.383. The highest BCUT2D eigenvalue weighted by molar-refractivity contribution is 5.48. The molecule has 1 spiro atoms. The molecular weight excluding hydrogens is 637 g/mol. The van der Waals surface area contributed by atoms with Crippen molar-refractivity contribution in [3.8, 4) is 0 Å². The molecule has 52 heavy (non-hydrogen) atoms. The van der Waals surface area contributed by atoms with Crippen LogP contribution in [0, 0.1) is 63.6 Å². The van der Waals surface area contributed by atoms with Crippen molar-refractivity contribution in [2.75, 3.05) is 6.54 Å².